The average Bonchev–Trinajstić information content (AvgIpc) is 2.46. The first-order valence-electron chi connectivity index (χ1n) is 6.59. The van der Waals surface area contributed by atoms with E-state index >= 15 is 0 Å². The van der Waals surface area contributed by atoms with E-state index in [1.165, 1.54) is 5.82 Å². The van der Waals surface area contributed by atoms with Crippen LogP contribution in [0, 0.1) is 0 Å². The number of aromatic nitrogens is 1. The highest BCUT2D eigenvalue weighted by atomic mass is 31.2. The molecule has 2 rings (SSSR count). The van der Waals surface area contributed by atoms with Crippen LogP contribution in [0.3, 0.4) is 0 Å². The Morgan fingerprint density at radius 1 is 1.20 bits per heavy atom. The lowest BCUT2D eigenvalue weighted by molar-refractivity contribution is 0.229. The van der Waals surface area contributed by atoms with Crippen LogP contribution in [0.1, 0.15) is 19.4 Å². The Balaban J connectivity index is 2.25. The van der Waals surface area contributed by atoms with Crippen molar-refractivity contribution in [2.45, 2.75) is 13.8 Å². The van der Waals surface area contributed by atoms with Gasteiger partial charge in [0.05, 0.1) is 18.7 Å². The van der Waals surface area contributed by atoms with Crippen LogP contribution in [0.2, 0.25) is 0 Å². The second kappa shape index (κ2) is 6.80. The van der Waals surface area contributed by atoms with Crippen molar-refractivity contribution in [1.82, 2.24) is 4.98 Å². The summed E-state index contributed by atoms with van der Waals surface area (Å²) in [6.07, 6.45) is 3.52. The molecule has 0 radical (unpaired) electrons. The molecule has 0 fully saturated rings. The van der Waals surface area contributed by atoms with Gasteiger partial charge in [-0.3, -0.25) is 9.55 Å². The molecule has 0 amide bonds. The lowest BCUT2D eigenvalue weighted by atomic mass is 10.1. The van der Waals surface area contributed by atoms with Crippen LogP contribution in [0.5, 0.6) is 0 Å². The van der Waals surface area contributed by atoms with E-state index in [1.54, 1.807) is 26.1 Å². The van der Waals surface area contributed by atoms with Crippen molar-refractivity contribution in [3.8, 4) is 0 Å². The van der Waals surface area contributed by atoms with E-state index in [1.807, 2.05) is 30.3 Å². The zero-order valence-electron chi connectivity index (χ0n) is 11.7. The van der Waals surface area contributed by atoms with E-state index in [2.05, 4.69) is 4.98 Å². The van der Waals surface area contributed by atoms with E-state index in [-0.39, 0.29) is 0 Å². The first-order valence-corrected chi connectivity index (χ1v) is 8.21. The first kappa shape index (κ1) is 14.9. The topological polar surface area (TPSA) is 48.4 Å². The minimum Gasteiger partial charge on any atom is -0.306 e. The summed E-state index contributed by atoms with van der Waals surface area (Å²) in [6, 6.07) is 9.72. The van der Waals surface area contributed by atoms with Crippen molar-refractivity contribution in [2.75, 3.05) is 13.2 Å². The van der Waals surface area contributed by atoms with Gasteiger partial charge >= 0.3 is 7.60 Å². The zero-order valence-corrected chi connectivity index (χ0v) is 12.5. The highest BCUT2D eigenvalue weighted by molar-refractivity contribution is 7.57. The van der Waals surface area contributed by atoms with Gasteiger partial charge in [-0.25, -0.2) is 0 Å². The van der Waals surface area contributed by atoms with Gasteiger partial charge in [0.1, 0.15) is 0 Å². The first-order chi connectivity index (χ1) is 9.67. The summed E-state index contributed by atoms with van der Waals surface area (Å²) >= 11 is 0. The summed E-state index contributed by atoms with van der Waals surface area (Å²) in [5.41, 5.74) is 1.87. The molecule has 106 valence electrons. The fourth-order valence-corrected chi connectivity index (χ4v) is 3.18. The molecular formula is C15H18NO3P. The summed E-state index contributed by atoms with van der Waals surface area (Å²) in [5.74, 6) is 1.51. The zero-order chi connectivity index (χ0) is 14.4. The molecular weight excluding hydrogens is 273 g/mol. The molecule has 0 unspecified atom stereocenters. The van der Waals surface area contributed by atoms with Crippen molar-refractivity contribution in [3.05, 3.63) is 47.9 Å². The molecule has 1 heterocycles. The number of nitrogens with zero attached hydrogens (tertiary/aromatic N) is 1. The van der Waals surface area contributed by atoms with Gasteiger partial charge in [0.2, 0.25) is 0 Å². The van der Waals surface area contributed by atoms with Gasteiger partial charge in [0.15, 0.2) is 0 Å². The Labute approximate surface area is 119 Å². The maximum atomic E-state index is 12.3. The third kappa shape index (κ3) is 3.76. The van der Waals surface area contributed by atoms with Gasteiger partial charge in [-0.1, -0.05) is 12.1 Å². The average molecular weight is 291 g/mol. The number of hydrogen-bond acceptors (Lipinski definition) is 4. The van der Waals surface area contributed by atoms with E-state index < -0.39 is 7.60 Å². The molecule has 0 atom stereocenters. The molecule has 5 heteroatoms. The summed E-state index contributed by atoms with van der Waals surface area (Å²) in [4.78, 5) is 4.26. The number of pyridine rings is 1. The molecule has 20 heavy (non-hydrogen) atoms. The van der Waals surface area contributed by atoms with Crippen molar-refractivity contribution in [2.24, 2.45) is 0 Å². The standard InChI is InChI=1S/C15H18NO3P/c1-3-18-20(17,19-4-2)11-9-13-7-8-15-14(12-13)6-5-10-16-15/h5-12H,3-4H2,1-2H3/b11-9+. The largest absolute Gasteiger partial charge is 0.354 e. The molecule has 1 aromatic heterocycles. The monoisotopic (exact) mass is 291 g/mol. The van der Waals surface area contributed by atoms with E-state index in [0.29, 0.717) is 13.2 Å². The molecule has 4 nitrogen and oxygen atoms in total. The van der Waals surface area contributed by atoms with E-state index in [0.717, 1.165) is 16.5 Å². The lowest BCUT2D eigenvalue weighted by Crippen LogP contribution is -1.92. The second-order valence-electron chi connectivity index (χ2n) is 4.15. The van der Waals surface area contributed by atoms with Gasteiger partial charge in [0.25, 0.3) is 0 Å². The number of hydrogen-bond donors (Lipinski definition) is 0. The van der Waals surface area contributed by atoms with E-state index in [9.17, 15) is 4.57 Å². The van der Waals surface area contributed by atoms with Gasteiger partial charge in [-0.2, -0.15) is 0 Å². The smallest absolute Gasteiger partial charge is 0.306 e. The molecule has 0 saturated heterocycles. The number of benzene rings is 1. The highest BCUT2D eigenvalue weighted by Crippen LogP contribution is 2.50. The minimum atomic E-state index is -3.14. The maximum Gasteiger partial charge on any atom is 0.354 e. The van der Waals surface area contributed by atoms with Crippen molar-refractivity contribution >= 4 is 24.6 Å². The molecule has 0 bridgehead atoms. The van der Waals surface area contributed by atoms with Crippen molar-refractivity contribution in [3.63, 3.8) is 0 Å². The summed E-state index contributed by atoms with van der Waals surface area (Å²) in [7, 11) is -3.14. The van der Waals surface area contributed by atoms with Crippen LogP contribution < -0.4 is 0 Å². The second-order valence-corrected chi connectivity index (χ2v) is 6.04. The third-order valence-corrected chi connectivity index (χ3v) is 4.45. The van der Waals surface area contributed by atoms with Gasteiger partial charge in [-0.15, -0.1) is 0 Å². The van der Waals surface area contributed by atoms with Crippen molar-refractivity contribution in [1.29, 1.82) is 0 Å². The van der Waals surface area contributed by atoms with Crippen LogP contribution in [-0.4, -0.2) is 18.2 Å². The van der Waals surface area contributed by atoms with Crippen molar-refractivity contribution < 1.29 is 13.6 Å². The van der Waals surface area contributed by atoms with Gasteiger partial charge < -0.3 is 9.05 Å². The fraction of sp³-hybridized carbons (Fsp3) is 0.267. The van der Waals surface area contributed by atoms with Crippen LogP contribution in [-0.2, 0) is 13.6 Å². The Bertz CT molecular complexity index is 644. The number of fused-ring (bicyclic) bond motifs is 1. The molecule has 1 aromatic carbocycles. The summed E-state index contributed by atoms with van der Waals surface area (Å²) in [5, 5.41) is 1.04. The predicted octanol–water partition coefficient (Wildman–Crippen LogP) is 4.47. The molecule has 0 saturated carbocycles. The molecule has 0 spiro atoms. The molecule has 0 N–H and O–H groups in total. The predicted molar refractivity (Wildman–Crippen MR) is 81.6 cm³/mol. The Hall–Kier alpha value is -1.48. The Morgan fingerprint density at radius 2 is 1.95 bits per heavy atom. The molecule has 2 aromatic rings. The SMILES string of the molecule is CCOP(=O)(/C=C/c1ccc2ncccc2c1)OCC. The molecule has 0 aliphatic carbocycles. The van der Waals surface area contributed by atoms with Crippen LogP contribution >= 0.6 is 7.60 Å². The Morgan fingerprint density at radius 3 is 2.65 bits per heavy atom. The van der Waals surface area contributed by atoms with Crippen LogP contribution in [0.15, 0.2) is 42.3 Å². The molecule has 0 aliphatic heterocycles. The summed E-state index contributed by atoms with van der Waals surface area (Å²) in [6.45, 7) is 4.29. The van der Waals surface area contributed by atoms with Gasteiger partial charge in [0, 0.05) is 17.4 Å². The fourth-order valence-electron chi connectivity index (χ4n) is 1.86. The quantitative estimate of drug-likeness (QED) is 0.737. The summed E-state index contributed by atoms with van der Waals surface area (Å²) < 4.78 is 22.7. The third-order valence-electron chi connectivity index (χ3n) is 2.69. The van der Waals surface area contributed by atoms with Gasteiger partial charge in [-0.05, 0) is 43.7 Å². The van der Waals surface area contributed by atoms with Crippen LogP contribution in [0.4, 0.5) is 0 Å². The lowest BCUT2D eigenvalue weighted by Gasteiger charge is -2.12. The molecule has 0 aliphatic rings. The van der Waals surface area contributed by atoms with E-state index in [4.69, 9.17) is 9.05 Å². The highest BCUT2D eigenvalue weighted by Gasteiger charge is 2.18. The van der Waals surface area contributed by atoms with Crippen LogP contribution in [0.25, 0.3) is 17.0 Å². The minimum absolute atomic E-state index is 0.350. The maximum absolute atomic E-state index is 12.3. The Kier molecular flexibility index (Phi) is 5.07. The number of rotatable bonds is 6. The normalized spacial score (nSPS) is 12.3.